The topological polar surface area (TPSA) is 12.4 Å². The van der Waals surface area contributed by atoms with E-state index in [1.165, 1.54) is 19.3 Å². The molecule has 0 saturated carbocycles. The fourth-order valence-corrected chi connectivity index (χ4v) is 2.17. The van der Waals surface area contributed by atoms with Gasteiger partial charge in [-0.05, 0) is 23.3 Å². The smallest absolute Gasteiger partial charge is 0.0616 e. The van der Waals surface area contributed by atoms with Crippen molar-refractivity contribution >= 4 is 17.3 Å². The zero-order chi connectivity index (χ0) is 8.10. The molecule has 0 aromatic heterocycles. The van der Waals surface area contributed by atoms with E-state index in [0.29, 0.717) is 0 Å². The zero-order valence-electron chi connectivity index (χ0n) is 7.26. The summed E-state index contributed by atoms with van der Waals surface area (Å²) in [6, 6.07) is 0. The number of allylic oxidation sites excluding steroid dienone is 1. The monoisotopic (exact) mass is 169 g/mol. The molecule has 0 unspecified atom stereocenters. The molecule has 1 aliphatic heterocycles. The molecular weight excluding hydrogens is 154 g/mol. The Balaban J connectivity index is 2.60. The SMILES string of the molecule is CCCC1=C(CC)CN=CS1. The first kappa shape index (κ1) is 8.85. The van der Waals surface area contributed by atoms with E-state index in [1.54, 1.807) is 10.5 Å². The van der Waals surface area contributed by atoms with Gasteiger partial charge in [-0.15, -0.1) is 0 Å². The maximum Gasteiger partial charge on any atom is 0.0616 e. The third-order valence-corrected chi connectivity index (χ3v) is 2.88. The molecule has 0 atom stereocenters. The lowest BCUT2D eigenvalue weighted by atomic mass is 10.1. The summed E-state index contributed by atoms with van der Waals surface area (Å²) < 4.78 is 0. The van der Waals surface area contributed by atoms with Gasteiger partial charge in [-0.1, -0.05) is 32.0 Å². The van der Waals surface area contributed by atoms with Crippen LogP contribution in [0.2, 0.25) is 0 Å². The van der Waals surface area contributed by atoms with Gasteiger partial charge < -0.3 is 0 Å². The van der Waals surface area contributed by atoms with Crippen LogP contribution in [-0.4, -0.2) is 12.1 Å². The third-order valence-electron chi connectivity index (χ3n) is 1.85. The predicted molar refractivity (Wildman–Crippen MR) is 53.2 cm³/mol. The van der Waals surface area contributed by atoms with Gasteiger partial charge in [0.15, 0.2) is 0 Å². The maximum atomic E-state index is 4.24. The van der Waals surface area contributed by atoms with Crippen molar-refractivity contribution in [2.45, 2.75) is 33.1 Å². The molecule has 0 N–H and O–H groups in total. The van der Waals surface area contributed by atoms with Gasteiger partial charge in [-0.25, -0.2) is 0 Å². The van der Waals surface area contributed by atoms with E-state index < -0.39 is 0 Å². The van der Waals surface area contributed by atoms with E-state index >= 15 is 0 Å². The summed E-state index contributed by atoms with van der Waals surface area (Å²) in [4.78, 5) is 5.80. The van der Waals surface area contributed by atoms with Gasteiger partial charge in [0.05, 0.1) is 12.1 Å². The second-order valence-electron chi connectivity index (χ2n) is 2.69. The Morgan fingerprint density at radius 1 is 1.55 bits per heavy atom. The molecule has 11 heavy (non-hydrogen) atoms. The fraction of sp³-hybridized carbons (Fsp3) is 0.667. The highest BCUT2D eigenvalue weighted by Gasteiger charge is 2.06. The highest BCUT2D eigenvalue weighted by molar-refractivity contribution is 8.15. The lowest BCUT2D eigenvalue weighted by Gasteiger charge is -2.12. The van der Waals surface area contributed by atoms with Crippen LogP contribution in [-0.2, 0) is 0 Å². The molecule has 1 aliphatic rings. The summed E-state index contributed by atoms with van der Waals surface area (Å²) >= 11 is 1.81. The van der Waals surface area contributed by atoms with Gasteiger partial charge in [0.1, 0.15) is 0 Å². The first-order valence-corrected chi connectivity index (χ1v) is 5.12. The zero-order valence-corrected chi connectivity index (χ0v) is 8.08. The van der Waals surface area contributed by atoms with Crippen LogP contribution in [0, 0.1) is 0 Å². The van der Waals surface area contributed by atoms with Crippen molar-refractivity contribution in [1.29, 1.82) is 0 Å². The fourth-order valence-electron chi connectivity index (χ4n) is 1.19. The van der Waals surface area contributed by atoms with Crippen LogP contribution >= 0.6 is 11.8 Å². The summed E-state index contributed by atoms with van der Waals surface area (Å²) in [5.41, 5.74) is 3.52. The van der Waals surface area contributed by atoms with Gasteiger partial charge >= 0.3 is 0 Å². The molecule has 1 nitrogen and oxygen atoms in total. The highest BCUT2D eigenvalue weighted by atomic mass is 32.2. The second-order valence-corrected chi connectivity index (χ2v) is 3.63. The van der Waals surface area contributed by atoms with Crippen LogP contribution in [0.1, 0.15) is 33.1 Å². The average Bonchev–Trinajstić information content (AvgIpc) is 2.06. The van der Waals surface area contributed by atoms with Crippen LogP contribution < -0.4 is 0 Å². The summed E-state index contributed by atoms with van der Waals surface area (Å²) in [5.74, 6) is 0. The minimum absolute atomic E-state index is 0.943. The number of hydrogen-bond donors (Lipinski definition) is 0. The molecule has 62 valence electrons. The molecule has 0 radical (unpaired) electrons. The van der Waals surface area contributed by atoms with Gasteiger partial charge in [-0.3, -0.25) is 4.99 Å². The lowest BCUT2D eigenvalue weighted by Crippen LogP contribution is -1.97. The molecule has 0 aliphatic carbocycles. The molecule has 0 aromatic carbocycles. The minimum Gasteiger partial charge on any atom is -0.282 e. The maximum absolute atomic E-state index is 4.24. The number of nitrogens with zero attached hydrogens (tertiary/aromatic N) is 1. The Bertz CT molecular complexity index is 182. The molecule has 0 spiro atoms. The number of aliphatic imine (C=N–C) groups is 1. The first-order chi connectivity index (χ1) is 5.38. The molecule has 0 amide bonds. The van der Waals surface area contributed by atoms with Gasteiger partial charge in [0.25, 0.3) is 0 Å². The molecule has 2 heteroatoms. The van der Waals surface area contributed by atoms with Crippen molar-refractivity contribution in [3.8, 4) is 0 Å². The number of thioether (sulfide) groups is 1. The molecule has 0 aromatic rings. The van der Waals surface area contributed by atoms with E-state index in [4.69, 9.17) is 0 Å². The lowest BCUT2D eigenvalue weighted by molar-refractivity contribution is 0.901. The highest BCUT2D eigenvalue weighted by Crippen LogP contribution is 2.27. The van der Waals surface area contributed by atoms with E-state index in [2.05, 4.69) is 18.8 Å². The van der Waals surface area contributed by atoms with E-state index in [-0.39, 0.29) is 0 Å². The van der Waals surface area contributed by atoms with Crippen molar-refractivity contribution < 1.29 is 0 Å². The predicted octanol–water partition coefficient (Wildman–Crippen LogP) is 3.23. The van der Waals surface area contributed by atoms with Crippen molar-refractivity contribution in [3.05, 3.63) is 10.5 Å². The van der Waals surface area contributed by atoms with Crippen LogP contribution in [0.4, 0.5) is 0 Å². The van der Waals surface area contributed by atoms with E-state index in [0.717, 1.165) is 6.54 Å². The van der Waals surface area contributed by atoms with E-state index in [1.807, 2.05) is 17.3 Å². The summed E-state index contributed by atoms with van der Waals surface area (Å²) in [6.45, 7) is 5.39. The Morgan fingerprint density at radius 3 is 3.00 bits per heavy atom. The van der Waals surface area contributed by atoms with Crippen LogP contribution in [0.15, 0.2) is 15.5 Å². The van der Waals surface area contributed by atoms with Gasteiger partial charge in [-0.2, -0.15) is 0 Å². The second kappa shape index (κ2) is 4.60. The summed E-state index contributed by atoms with van der Waals surface area (Å²) in [6.07, 6.45) is 3.65. The Labute approximate surface area is 73.0 Å². The van der Waals surface area contributed by atoms with Crippen LogP contribution in [0.25, 0.3) is 0 Å². The molecule has 1 rings (SSSR count). The van der Waals surface area contributed by atoms with Crippen LogP contribution in [0.5, 0.6) is 0 Å². The molecule has 0 saturated heterocycles. The Hall–Kier alpha value is -0.240. The minimum atomic E-state index is 0.943. The number of rotatable bonds is 3. The molecular formula is C9H15NS. The quantitative estimate of drug-likeness (QED) is 0.632. The average molecular weight is 169 g/mol. The third kappa shape index (κ3) is 2.37. The Morgan fingerprint density at radius 2 is 2.36 bits per heavy atom. The van der Waals surface area contributed by atoms with Crippen molar-refractivity contribution in [2.24, 2.45) is 4.99 Å². The first-order valence-electron chi connectivity index (χ1n) is 4.24. The molecule has 0 bridgehead atoms. The van der Waals surface area contributed by atoms with Gasteiger partial charge in [0, 0.05) is 0 Å². The Kier molecular flexibility index (Phi) is 3.70. The number of hydrogen-bond acceptors (Lipinski definition) is 2. The molecule has 0 fully saturated rings. The largest absolute Gasteiger partial charge is 0.282 e. The summed E-state index contributed by atoms with van der Waals surface area (Å²) in [7, 11) is 0. The van der Waals surface area contributed by atoms with Gasteiger partial charge in [0.2, 0.25) is 0 Å². The van der Waals surface area contributed by atoms with Crippen molar-refractivity contribution in [1.82, 2.24) is 0 Å². The van der Waals surface area contributed by atoms with Crippen molar-refractivity contribution in [3.63, 3.8) is 0 Å². The van der Waals surface area contributed by atoms with Crippen molar-refractivity contribution in [2.75, 3.05) is 6.54 Å². The normalized spacial score (nSPS) is 17.6. The summed E-state index contributed by atoms with van der Waals surface area (Å²) in [5, 5.41) is 0. The van der Waals surface area contributed by atoms with E-state index in [9.17, 15) is 0 Å². The van der Waals surface area contributed by atoms with Crippen LogP contribution in [0.3, 0.4) is 0 Å². The standard InChI is InChI=1S/C9H15NS/c1-3-5-9-8(4-2)6-10-7-11-9/h7H,3-6H2,1-2H3. The molecule has 1 heterocycles.